The summed E-state index contributed by atoms with van der Waals surface area (Å²) in [6.07, 6.45) is 10.9. The van der Waals surface area contributed by atoms with Gasteiger partial charge >= 0.3 is 0 Å². The van der Waals surface area contributed by atoms with Crippen LogP contribution in [0.25, 0.3) is 11.3 Å². The fourth-order valence-electron chi connectivity index (χ4n) is 4.20. The Morgan fingerprint density at radius 2 is 1.73 bits per heavy atom. The van der Waals surface area contributed by atoms with Crippen LogP contribution in [0.15, 0.2) is 24.3 Å². The second-order valence-corrected chi connectivity index (χ2v) is 8.73. The van der Waals surface area contributed by atoms with Crippen molar-refractivity contribution in [1.82, 2.24) is 10.2 Å². The van der Waals surface area contributed by atoms with Crippen molar-refractivity contribution >= 4 is 0 Å². The van der Waals surface area contributed by atoms with Crippen LogP contribution in [-0.4, -0.2) is 16.8 Å². The normalized spacial score (nSPS) is 19.1. The Bertz CT molecular complexity index is 786. The minimum absolute atomic E-state index is 0.143. The molecule has 0 bridgehead atoms. The zero-order chi connectivity index (χ0) is 21.3. The molecule has 0 radical (unpaired) electrons. The Balaban J connectivity index is 1.58. The van der Waals surface area contributed by atoms with E-state index >= 15 is 0 Å². The van der Waals surface area contributed by atoms with E-state index < -0.39 is 11.6 Å². The van der Waals surface area contributed by atoms with Gasteiger partial charge in [-0.3, -0.25) is 0 Å². The maximum atomic E-state index is 14.7. The van der Waals surface area contributed by atoms with Gasteiger partial charge in [-0.15, -0.1) is 10.2 Å². The van der Waals surface area contributed by atoms with Gasteiger partial charge < -0.3 is 4.74 Å². The fourth-order valence-corrected chi connectivity index (χ4v) is 4.20. The molecule has 0 atom stereocenters. The van der Waals surface area contributed by atoms with Crippen molar-refractivity contribution in [2.75, 3.05) is 6.61 Å². The summed E-state index contributed by atoms with van der Waals surface area (Å²) >= 11 is 0. The molecule has 1 aromatic carbocycles. The molecular formula is C25H34F2N2O. The van der Waals surface area contributed by atoms with E-state index in [1.807, 2.05) is 0 Å². The second kappa shape index (κ2) is 11.4. The molecule has 3 rings (SSSR count). The summed E-state index contributed by atoms with van der Waals surface area (Å²) in [7, 11) is 0. The van der Waals surface area contributed by atoms with Crippen molar-refractivity contribution in [3.05, 3.63) is 41.5 Å². The molecule has 1 fully saturated rings. The number of aromatic nitrogens is 2. The van der Waals surface area contributed by atoms with Crippen LogP contribution < -0.4 is 4.74 Å². The molecule has 0 saturated heterocycles. The standard InChI is InChI=1S/C25H34F2N2O/c1-3-4-5-6-17-30-23-16-15-22(28-29-23)21-14-13-20(24(26)25(21)27)12-11-19-9-7-18(2)8-10-19/h13-16,18-19H,3-12,17H2,1-2H3. The van der Waals surface area contributed by atoms with E-state index in [-0.39, 0.29) is 5.56 Å². The SMILES string of the molecule is CCCCCCOc1ccc(-c2ccc(CCC3CCC(C)CC3)c(F)c2F)nn1. The summed E-state index contributed by atoms with van der Waals surface area (Å²) < 4.78 is 34.9. The molecule has 0 N–H and O–H groups in total. The van der Waals surface area contributed by atoms with E-state index in [1.165, 1.54) is 38.5 Å². The van der Waals surface area contributed by atoms with Gasteiger partial charge in [0.2, 0.25) is 5.88 Å². The Kier molecular flexibility index (Phi) is 8.59. The zero-order valence-electron chi connectivity index (χ0n) is 18.3. The quantitative estimate of drug-likeness (QED) is 0.386. The predicted octanol–water partition coefficient (Wildman–Crippen LogP) is 7.14. The number of rotatable bonds is 10. The average Bonchev–Trinajstić information content (AvgIpc) is 2.76. The lowest BCUT2D eigenvalue weighted by Gasteiger charge is -2.26. The average molecular weight is 417 g/mol. The first-order valence-corrected chi connectivity index (χ1v) is 11.5. The highest BCUT2D eigenvalue weighted by molar-refractivity contribution is 5.60. The van der Waals surface area contributed by atoms with Crippen molar-refractivity contribution in [2.24, 2.45) is 11.8 Å². The summed E-state index contributed by atoms with van der Waals surface area (Å²) in [5.74, 6) is 0.244. The van der Waals surface area contributed by atoms with Gasteiger partial charge in [-0.2, -0.15) is 0 Å². The number of hydrogen-bond donors (Lipinski definition) is 0. The van der Waals surface area contributed by atoms with Crippen molar-refractivity contribution in [3.8, 4) is 17.1 Å². The second-order valence-electron chi connectivity index (χ2n) is 8.73. The molecule has 1 aliphatic carbocycles. The van der Waals surface area contributed by atoms with Crippen LogP contribution in [0.4, 0.5) is 8.78 Å². The highest BCUT2D eigenvalue weighted by atomic mass is 19.2. The van der Waals surface area contributed by atoms with E-state index in [0.717, 1.165) is 25.2 Å². The molecular weight excluding hydrogens is 382 g/mol. The van der Waals surface area contributed by atoms with Gasteiger partial charge in [0.15, 0.2) is 11.6 Å². The topological polar surface area (TPSA) is 35.0 Å². The molecule has 0 spiro atoms. The first-order chi connectivity index (χ1) is 14.6. The largest absolute Gasteiger partial charge is 0.477 e. The lowest BCUT2D eigenvalue weighted by atomic mass is 9.80. The van der Waals surface area contributed by atoms with Gasteiger partial charge in [-0.25, -0.2) is 8.78 Å². The summed E-state index contributed by atoms with van der Waals surface area (Å²) in [6.45, 7) is 5.04. The number of halogens is 2. The molecule has 1 saturated carbocycles. The lowest BCUT2D eigenvalue weighted by Crippen LogP contribution is -2.13. The summed E-state index contributed by atoms with van der Waals surface area (Å²) in [5.41, 5.74) is 0.914. The van der Waals surface area contributed by atoms with Gasteiger partial charge in [-0.1, -0.05) is 64.9 Å². The molecule has 2 aromatic rings. The van der Waals surface area contributed by atoms with Gasteiger partial charge in [0, 0.05) is 11.6 Å². The van der Waals surface area contributed by atoms with Crippen LogP contribution in [-0.2, 0) is 6.42 Å². The van der Waals surface area contributed by atoms with E-state index in [2.05, 4.69) is 24.0 Å². The first kappa shape index (κ1) is 22.6. The Labute approximate surface area is 179 Å². The van der Waals surface area contributed by atoms with Gasteiger partial charge in [-0.05, 0) is 48.8 Å². The maximum Gasteiger partial charge on any atom is 0.233 e. The fraction of sp³-hybridized carbons (Fsp3) is 0.600. The third kappa shape index (κ3) is 6.23. The maximum absolute atomic E-state index is 14.7. The van der Waals surface area contributed by atoms with Crippen LogP contribution in [0.3, 0.4) is 0 Å². The summed E-state index contributed by atoms with van der Waals surface area (Å²) in [4.78, 5) is 0. The number of nitrogens with zero attached hydrogens (tertiary/aromatic N) is 2. The molecule has 1 aliphatic rings. The third-order valence-corrected chi connectivity index (χ3v) is 6.28. The number of unbranched alkanes of at least 4 members (excludes halogenated alkanes) is 3. The van der Waals surface area contributed by atoms with Crippen LogP contribution >= 0.6 is 0 Å². The first-order valence-electron chi connectivity index (χ1n) is 11.5. The Morgan fingerprint density at radius 1 is 0.933 bits per heavy atom. The van der Waals surface area contributed by atoms with Gasteiger partial charge in [0.25, 0.3) is 0 Å². The van der Waals surface area contributed by atoms with E-state index in [4.69, 9.17) is 4.74 Å². The molecule has 5 heteroatoms. The lowest BCUT2D eigenvalue weighted by molar-refractivity contribution is 0.277. The van der Waals surface area contributed by atoms with Crippen LogP contribution in [0, 0.1) is 23.5 Å². The van der Waals surface area contributed by atoms with Crippen molar-refractivity contribution < 1.29 is 13.5 Å². The number of ether oxygens (including phenoxy) is 1. The number of hydrogen-bond acceptors (Lipinski definition) is 3. The summed E-state index contributed by atoms with van der Waals surface area (Å²) in [5, 5.41) is 8.05. The molecule has 0 aliphatic heterocycles. The highest BCUT2D eigenvalue weighted by Gasteiger charge is 2.20. The van der Waals surface area contributed by atoms with Crippen molar-refractivity contribution in [3.63, 3.8) is 0 Å². The van der Waals surface area contributed by atoms with Crippen LogP contribution in [0.2, 0.25) is 0 Å². The zero-order valence-corrected chi connectivity index (χ0v) is 18.3. The highest BCUT2D eigenvalue weighted by Crippen LogP contribution is 2.32. The number of benzene rings is 1. The minimum atomic E-state index is -0.840. The van der Waals surface area contributed by atoms with Crippen LogP contribution in [0.5, 0.6) is 5.88 Å². The van der Waals surface area contributed by atoms with Crippen LogP contribution in [0.1, 0.15) is 77.2 Å². The molecule has 0 unspecified atom stereocenters. The van der Waals surface area contributed by atoms with Gasteiger partial charge in [0.05, 0.1) is 12.3 Å². The molecule has 3 nitrogen and oxygen atoms in total. The monoisotopic (exact) mass is 416 g/mol. The Hall–Kier alpha value is -2.04. The van der Waals surface area contributed by atoms with E-state index in [1.54, 1.807) is 24.3 Å². The van der Waals surface area contributed by atoms with E-state index in [9.17, 15) is 8.78 Å². The molecule has 164 valence electrons. The van der Waals surface area contributed by atoms with E-state index in [0.29, 0.717) is 36.1 Å². The predicted molar refractivity (Wildman–Crippen MR) is 116 cm³/mol. The molecule has 30 heavy (non-hydrogen) atoms. The molecule has 1 aromatic heterocycles. The van der Waals surface area contributed by atoms with Crippen molar-refractivity contribution in [2.45, 2.75) is 78.1 Å². The molecule has 1 heterocycles. The third-order valence-electron chi connectivity index (χ3n) is 6.28. The Morgan fingerprint density at radius 3 is 2.43 bits per heavy atom. The summed E-state index contributed by atoms with van der Waals surface area (Å²) in [6, 6.07) is 6.61. The smallest absolute Gasteiger partial charge is 0.233 e. The van der Waals surface area contributed by atoms with Gasteiger partial charge in [0.1, 0.15) is 0 Å². The minimum Gasteiger partial charge on any atom is -0.477 e. The number of aryl methyl sites for hydroxylation is 1. The molecule has 0 amide bonds. The van der Waals surface area contributed by atoms with Crippen molar-refractivity contribution in [1.29, 1.82) is 0 Å².